The highest BCUT2D eigenvalue weighted by Gasteiger charge is 2.14. The zero-order chi connectivity index (χ0) is 11.6. The topological polar surface area (TPSA) is 133 Å². The van der Waals surface area contributed by atoms with Crippen LogP contribution >= 0.6 is 0 Å². The lowest BCUT2D eigenvalue weighted by molar-refractivity contribution is -0.384. The molecule has 0 radical (unpaired) electrons. The van der Waals surface area contributed by atoms with Gasteiger partial charge < -0.3 is 9.92 Å². The van der Waals surface area contributed by atoms with Crippen LogP contribution in [0.15, 0.2) is 18.2 Å². The Morgan fingerprint density at radius 2 is 2.07 bits per heavy atom. The maximum atomic E-state index is 10.3. The molecule has 0 aliphatic carbocycles. The number of nitrogen functional groups attached to an aromatic ring is 1. The lowest BCUT2D eigenvalue weighted by Gasteiger charge is -2.03. The largest absolute Gasteiger partial charge is 0.446 e. The van der Waals surface area contributed by atoms with E-state index in [-0.39, 0.29) is 5.69 Å². The number of nitro groups is 1. The molecule has 0 saturated carbocycles. The zero-order valence-electron chi connectivity index (χ0n) is 7.15. The molecular formula is C6H6N2O6S. The van der Waals surface area contributed by atoms with E-state index >= 15 is 0 Å². The maximum absolute atomic E-state index is 10.3. The van der Waals surface area contributed by atoms with Crippen molar-refractivity contribution >= 4 is 21.8 Å². The summed E-state index contributed by atoms with van der Waals surface area (Å²) in [6.07, 6.45) is 0. The van der Waals surface area contributed by atoms with Crippen LogP contribution < -0.4 is 9.92 Å². The highest BCUT2D eigenvalue weighted by Crippen LogP contribution is 2.27. The Hall–Kier alpha value is -1.87. The van der Waals surface area contributed by atoms with E-state index in [1.807, 2.05) is 0 Å². The van der Waals surface area contributed by atoms with E-state index in [0.717, 1.165) is 18.2 Å². The second-order valence-electron chi connectivity index (χ2n) is 2.49. The second-order valence-corrected chi connectivity index (χ2v) is 3.51. The van der Waals surface area contributed by atoms with Gasteiger partial charge in [0.2, 0.25) is 0 Å². The highest BCUT2D eigenvalue weighted by atomic mass is 32.3. The summed E-state index contributed by atoms with van der Waals surface area (Å²) in [5.41, 5.74) is 4.73. The molecule has 0 spiro atoms. The molecule has 0 fully saturated rings. The Bertz CT molecular complexity index is 496. The van der Waals surface area contributed by atoms with Gasteiger partial charge in [-0.3, -0.25) is 14.7 Å². The van der Waals surface area contributed by atoms with Crippen molar-refractivity contribution in [3.8, 4) is 5.75 Å². The third-order valence-corrected chi connectivity index (χ3v) is 1.79. The molecule has 82 valence electrons. The average Bonchev–Trinajstić information content (AvgIpc) is 2.06. The summed E-state index contributed by atoms with van der Waals surface area (Å²) in [5, 5.41) is 10.3. The summed E-state index contributed by atoms with van der Waals surface area (Å²) in [5.74, 6) is -0.494. The van der Waals surface area contributed by atoms with Gasteiger partial charge in [-0.2, -0.15) is 8.42 Å². The summed E-state index contributed by atoms with van der Waals surface area (Å²) in [6.45, 7) is 0. The predicted octanol–water partition coefficient (Wildman–Crippen LogP) is 0.359. The van der Waals surface area contributed by atoms with E-state index in [1.54, 1.807) is 0 Å². The number of anilines is 1. The quantitative estimate of drug-likeness (QED) is 0.333. The van der Waals surface area contributed by atoms with Crippen molar-refractivity contribution in [1.29, 1.82) is 0 Å². The summed E-state index contributed by atoms with van der Waals surface area (Å²) < 4.78 is 33.1. The van der Waals surface area contributed by atoms with Crippen LogP contribution in [0.5, 0.6) is 5.75 Å². The van der Waals surface area contributed by atoms with Crippen molar-refractivity contribution in [3.05, 3.63) is 28.3 Å². The van der Waals surface area contributed by atoms with Gasteiger partial charge in [-0.15, -0.1) is 0 Å². The van der Waals surface area contributed by atoms with Crippen molar-refractivity contribution in [1.82, 2.24) is 0 Å². The Labute approximate surface area is 84.4 Å². The molecule has 0 saturated heterocycles. The number of non-ortho nitro benzene ring substituents is 1. The number of hydrogen-bond acceptors (Lipinski definition) is 6. The molecule has 0 aliphatic rings. The number of nitrogens with zero attached hydrogens (tertiary/aromatic N) is 1. The molecule has 9 heteroatoms. The van der Waals surface area contributed by atoms with Gasteiger partial charge in [0.05, 0.1) is 16.7 Å². The molecule has 3 N–H and O–H groups in total. The van der Waals surface area contributed by atoms with E-state index < -0.39 is 26.8 Å². The third kappa shape index (κ3) is 3.07. The fraction of sp³-hybridized carbons (Fsp3) is 0. The first-order valence-corrected chi connectivity index (χ1v) is 4.87. The van der Waals surface area contributed by atoms with Crippen molar-refractivity contribution in [2.75, 3.05) is 5.73 Å². The SMILES string of the molecule is Nc1ccc([N+](=O)[O-])cc1OS(=O)(=O)O. The van der Waals surface area contributed by atoms with Gasteiger partial charge >= 0.3 is 10.4 Å². The first kappa shape index (κ1) is 11.2. The van der Waals surface area contributed by atoms with Crippen LogP contribution in [-0.2, 0) is 10.4 Å². The molecule has 8 nitrogen and oxygen atoms in total. The molecule has 0 unspecified atom stereocenters. The molecule has 1 aromatic rings. The predicted molar refractivity (Wildman–Crippen MR) is 49.7 cm³/mol. The van der Waals surface area contributed by atoms with Gasteiger partial charge in [0.25, 0.3) is 5.69 Å². The molecule has 0 aromatic heterocycles. The smallest absolute Gasteiger partial charge is 0.396 e. The molecule has 1 aromatic carbocycles. The monoisotopic (exact) mass is 234 g/mol. The Morgan fingerprint density at radius 3 is 2.53 bits per heavy atom. The molecule has 1 rings (SSSR count). The minimum Gasteiger partial charge on any atom is -0.396 e. The van der Waals surface area contributed by atoms with Crippen LogP contribution in [0.25, 0.3) is 0 Å². The van der Waals surface area contributed by atoms with E-state index in [2.05, 4.69) is 4.18 Å². The Balaban J connectivity index is 3.17. The lowest BCUT2D eigenvalue weighted by Crippen LogP contribution is -2.08. The van der Waals surface area contributed by atoms with E-state index in [9.17, 15) is 18.5 Å². The van der Waals surface area contributed by atoms with Crippen LogP contribution in [0.2, 0.25) is 0 Å². The van der Waals surface area contributed by atoms with Gasteiger partial charge in [-0.25, -0.2) is 0 Å². The fourth-order valence-electron chi connectivity index (χ4n) is 0.822. The van der Waals surface area contributed by atoms with Crippen LogP contribution in [0.4, 0.5) is 11.4 Å². The van der Waals surface area contributed by atoms with E-state index in [1.165, 1.54) is 0 Å². The van der Waals surface area contributed by atoms with Crippen LogP contribution in [0.3, 0.4) is 0 Å². The maximum Gasteiger partial charge on any atom is 0.446 e. The van der Waals surface area contributed by atoms with Crippen LogP contribution in [0, 0.1) is 10.1 Å². The van der Waals surface area contributed by atoms with Gasteiger partial charge in [0.1, 0.15) is 0 Å². The summed E-state index contributed by atoms with van der Waals surface area (Å²) in [4.78, 5) is 9.57. The Morgan fingerprint density at radius 1 is 1.47 bits per heavy atom. The first-order valence-electron chi connectivity index (χ1n) is 3.50. The average molecular weight is 234 g/mol. The summed E-state index contributed by atoms with van der Waals surface area (Å²) in [6, 6.07) is 2.97. The third-order valence-electron chi connectivity index (χ3n) is 1.40. The number of benzene rings is 1. The molecule has 0 aliphatic heterocycles. The van der Waals surface area contributed by atoms with Crippen molar-refractivity contribution in [3.63, 3.8) is 0 Å². The van der Waals surface area contributed by atoms with E-state index in [4.69, 9.17) is 10.3 Å². The zero-order valence-corrected chi connectivity index (χ0v) is 7.97. The highest BCUT2D eigenvalue weighted by molar-refractivity contribution is 7.81. The lowest BCUT2D eigenvalue weighted by atomic mass is 10.3. The first-order chi connectivity index (χ1) is 6.79. The molecule has 0 bridgehead atoms. The van der Waals surface area contributed by atoms with Gasteiger partial charge in [0, 0.05) is 6.07 Å². The van der Waals surface area contributed by atoms with Crippen molar-refractivity contribution in [2.45, 2.75) is 0 Å². The molecule has 0 amide bonds. The summed E-state index contributed by atoms with van der Waals surface area (Å²) in [7, 11) is -4.74. The number of hydrogen-bond donors (Lipinski definition) is 2. The minimum absolute atomic E-state index is 0.141. The molecule has 15 heavy (non-hydrogen) atoms. The van der Waals surface area contributed by atoms with Crippen LogP contribution in [0.1, 0.15) is 0 Å². The van der Waals surface area contributed by atoms with Crippen molar-refractivity contribution in [2.24, 2.45) is 0 Å². The molecular weight excluding hydrogens is 228 g/mol. The standard InChI is InChI=1S/C6H6N2O6S/c7-5-2-1-4(8(9)10)3-6(5)14-15(11,12)13/h1-3H,7H2,(H,11,12,13). The number of rotatable bonds is 3. The molecule has 0 heterocycles. The second kappa shape index (κ2) is 3.71. The Kier molecular flexibility index (Phi) is 2.77. The number of nitro benzene ring substituents is 1. The van der Waals surface area contributed by atoms with Gasteiger partial charge in [0.15, 0.2) is 5.75 Å². The van der Waals surface area contributed by atoms with Gasteiger partial charge in [-0.05, 0) is 6.07 Å². The minimum atomic E-state index is -4.74. The normalized spacial score (nSPS) is 11.0. The number of nitrogens with two attached hydrogens (primary N) is 1. The summed E-state index contributed by atoms with van der Waals surface area (Å²) >= 11 is 0. The molecule has 0 atom stereocenters. The van der Waals surface area contributed by atoms with Gasteiger partial charge in [-0.1, -0.05) is 0 Å². The van der Waals surface area contributed by atoms with Crippen molar-refractivity contribution < 1.29 is 22.1 Å². The fourth-order valence-corrected chi connectivity index (χ4v) is 1.19. The van der Waals surface area contributed by atoms with Crippen LogP contribution in [-0.4, -0.2) is 17.9 Å². The van der Waals surface area contributed by atoms with E-state index in [0.29, 0.717) is 0 Å².